The molecule has 0 unspecified atom stereocenters. The Hall–Kier alpha value is -3.02. The van der Waals surface area contributed by atoms with Crippen LogP contribution in [0.3, 0.4) is 0 Å². The van der Waals surface area contributed by atoms with E-state index in [0.29, 0.717) is 11.1 Å². The van der Waals surface area contributed by atoms with E-state index in [4.69, 9.17) is 9.63 Å². The zero-order valence-electron chi connectivity index (χ0n) is 10.7. The molecule has 0 aliphatic rings. The smallest absolute Gasteiger partial charge is 0.336 e. The fourth-order valence-electron chi connectivity index (χ4n) is 1.93. The molecule has 6 heteroatoms. The molecule has 0 fully saturated rings. The largest absolute Gasteiger partial charge is 0.478 e. The Morgan fingerprint density at radius 1 is 1.14 bits per heavy atom. The van der Waals surface area contributed by atoms with Crippen molar-refractivity contribution in [3.8, 4) is 22.8 Å². The first-order valence-corrected chi connectivity index (χ1v) is 6.07. The van der Waals surface area contributed by atoms with Crippen LogP contribution in [-0.2, 0) is 0 Å². The third kappa shape index (κ3) is 2.51. The minimum Gasteiger partial charge on any atom is -0.478 e. The first-order valence-electron chi connectivity index (χ1n) is 6.07. The highest BCUT2D eigenvalue weighted by Gasteiger charge is 2.17. The molecule has 0 saturated carbocycles. The topological polar surface area (TPSA) is 76.2 Å². The van der Waals surface area contributed by atoms with Crippen molar-refractivity contribution in [2.75, 3.05) is 0 Å². The van der Waals surface area contributed by atoms with Gasteiger partial charge in [0.15, 0.2) is 0 Å². The maximum absolute atomic E-state index is 13.2. The number of aromatic nitrogens is 2. The van der Waals surface area contributed by atoms with Crippen LogP contribution in [0.25, 0.3) is 22.8 Å². The maximum atomic E-state index is 13.2. The van der Waals surface area contributed by atoms with E-state index in [1.807, 2.05) is 0 Å². The number of aromatic carboxylic acids is 1. The van der Waals surface area contributed by atoms with E-state index >= 15 is 0 Å². The van der Waals surface area contributed by atoms with Crippen LogP contribution in [0.1, 0.15) is 10.4 Å². The maximum Gasteiger partial charge on any atom is 0.336 e. The van der Waals surface area contributed by atoms with E-state index in [-0.39, 0.29) is 17.3 Å². The van der Waals surface area contributed by atoms with Crippen LogP contribution in [-0.4, -0.2) is 21.2 Å². The monoisotopic (exact) mass is 284 g/mol. The summed E-state index contributed by atoms with van der Waals surface area (Å²) in [5.74, 6) is -1.22. The van der Waals surface area contributed by atoms with E-state index in [2.05, 4.69) is 10.1 Å². The lowest BCUT2D eigenvalue weighted by Crippen LogP contribution is -1.99. The number of halogens is 1. The first-order chi connectivity index (χ1) is 10.1. The van der Waals surface area contributed by atoms with Gasteiger partial charge >= 0.3 is 5.97 Å². The molecule has 0 aliphatic heterocycles. The molecule has 0 bridgehead atoms. The Bertz CT molecular complexity index is 814. The van der Waals surface area contributed by atoms with Gasteiger partial charge in [0.25, 0.3) is 5.89 Å². The van der Waals surface area contributed by atoms with Gasteiger partial charge in [0.2, 0.25) is 5.82 Å². The summed E-state index contributed by atoms with van der Waals surface area (Å²) in [6.07, 6.45) is 0. The predicted molar refractivity (Wildman–Crippen MR) is 72.1 cm³/mol. The van der Waals surface area contributed by atoms with Gasteiger partial charge in [-0.15, -0.1) is 0 Å². The number of benzene rings is 2. The first kappa shape index (κ1) is 13.0. The second kappa shape index (κ2) is 5.16. The number of nitrogens with zero attached hydrogens (tertiary/aromatic N) is 2. The normalized spacial score (nSPS) is 10.5. The third-order valence-electron chi connectivity index (χ3n) is 2.90. The number of hydrogen-bond donors (Lipinski definition) is 1. The molecule has 0 atom stereocenters. The van der Waals surface area contributed by atoms with Crippen LogP contribution < -0.4 is 0 Å². The van der Waals surface area contributed by atoms with Gasteiger partial charge in [-0.1, -0.05) is 29.4 Å². The summed E-state index contributed by atoms with van der Waals surface area (Å²) >= 11 is 0. The number of hydrogen-bond acceptors (Lipinski definition) is 4. The molecule has 0 radical (unpaired) electrons. The van der Waals surface area contributed by atoms with Gasteiger partial charge in [-0.3, -0.25) is 0 Å². The summed E-state index contributed by atoms with van der Waals surface area (Å²) in [4.78, 5) is 15.3. The molecule has 1 N–H and O–H groups in total. The molecule has 104 valence electrons. The van der Waals surface area contributed by atoms with Crippen LogP contribution in [0.15, 0.2) is 53.1 Å². The van der Waals surface area contributed by atoms with Crippen molar-refractivity contribution in [1.29, 1.82) is 0 Å². The summed E-state index contributed by atoms with van der Waals surface area (Å²) in [7, 11) is 0. The van der Waals surface area contributed by atoms with Crippen LogP contribution in [0.4, 0.5) is 4.39 Å². The van der Waals surface area contributed by atoms with Gasteiger partial charge < -0.3 is 9.63 Å². The van der Waals surface area contributed by atoms with Crippen molar-refractivity contribution in [3.63, 3.8) is 0 Å². The van der Waals surface area contributed by atoms with Gasteiger partial charge in [-0.05, 0) is 24.3 Å². The molecular formula is C15H9FN2O3. The molecule has 3 rings (SSSR count). The van der Waals surface area contributed by atoms with E-state index in [0.717, 1.165) is 0 Å². The molecule has 0 amide bonds. The molecular weight excluding hydrogens is 275 g/mol. The van der Waals surface area contributed by atoms with Crippen molar-refractivity contribution < 1.29 is 18.8 Å². The highest BCUT2D eigenvalue weighted by molar-refractivity contribution is 5.94. The van der Waals surface area contributed by atoms with E-state index < -0.39 is 11.8 Å². The molecule has 1 aromatic heterocycles. The second-order valence-corrected chi connectivity index (χ2v) is 4.28. The van der Waals surface area contributed by atoms with Crippen LogP contribution in [0.2, 0.25) is 0 Å². The highest BCUT2D eigenvalue weighted by atomic mass is 19.1. The average Bonchev–Trinajstić information content (AvgIpc) is 2.97. The molecule has 5 nitrogen and oxygen atoms in total. The molecule has 0 saturated heterocycles. The standard InChI is InChI=1S/C15H9FN2O3/c16-10-5-3-4-9(8-10)13-17-14(21-18-13)11-6-1-2-7-12(11)15(19)20/h1-8H,(H,19,20). The van der Waals surface area contributed by atoms with E-state index in [1.54, 1.807) is 24.3 Å². The SMILES string of the molecule is O=C(O)c1ccccc1-c1nc(-c2cccc(F)c2)no1. The number of carbonyl (C=O) groups is 1. The average molecular weight is 284 g/mol. The zero-order valence-corrected chi connectivity index (χ0v) is 10.7. The van der Waals surface area contributed by atoms with Crippen LogP contribution in [0.5, 0.6) is 0 Å². The van der Waals surface area contributed by atoms with Crippen molar-refractivity contribution in [1.82, 2.24) is 10.1 Å². The molecule has 3 aromatic rings. The van der Waals surface area contributed by atoms with Crippen molar-refractivity contribution in [3.05, 3.63) is 59.9 Å². The third-order valence-corrected chi connectivity index (χ3v) is 2.90. The Labute approximate surface area is 118 Å². The Morgan fingerprint density at radius 2 is 1.95 bits per heavy atom. The summed E-state index contributed by atoms with van der Waals surface area (Å²) in [6, 6.07) is 12.1. The number of carboxylic acids is 1. The van der Waals surface area contributed by atoms with Gasteiger partial charge in [-0.25, -0.2) is 9.18 Å². The van der Waals surface area contributed by atoms with Gasteiger partial charge in [-0.2, -0.15) is 4.98 Å². The quantitative estimate of drug-likeness (QED) is 0.799. The fourth-order valence-corrected chi connectivity index (χ4v) is 1.93. The van der Waals surface area contributed by atoms with Crippen molar-refractivity contribution >= 4 is 5.97 Å². The summed E-state index contributed by atoms with van der Waals surface area (Å²) in [5.41, 5.74) is 0.838. The molecule has 2 aromatic carbocycles. The molecule has 21 heavy (non-hydrogen) atoms. The fraction of sp³-hybridized carbons (Fsp3) is 0. The Morgan fingerprint density at radius 3 is 2.71 bits per heavy atom. The predicted octanol–water partition coefficient (Wildman–Crippen LogP) is 3.24. The molecule has 0 aliphatic carbocycles. The lowest BCUT2D eigenvalue weighted by Gasteiger charge is -1.99. The van der Waals surface area contributed by atoms with E-state index in [9.17, 15) is 9.18 Å². The van der Waals surface area contributed by atoms with Crippen LogP contribution in [0, 0.1) is 5.82 Å². The lowest BCUT2D eigenvalue weighted by molar-refractivity contribution is 0.0697. The minimum atomic E-state index is -1.09. The van der Waals surface area contributed by atoms with Gasteiger partial charge in [0.1, 0.15) is 5.82 Å². The number of rotatable bonds is 3. The summed E-state index contributed by atoms with van der Waals surface area (Å²) < 4.78 is 18.3. The molecule has 1 heterocycles. The molecule has 0 spiro atoms. The minimum absolute atomic E-state index is 0.0620. The number of carboxylic acid groups (broad SMARTS) is 1. The van der Waals surface area contributed by atoms with E-state index in [1.165, 1.54) is 24.3 Å². The zero-order chi connectivity index (χ0) is 14.8. The summed E-state index contributed by atoms with van der Waals surface area (Å²) in [6.45, 7) is 0. The Balaban J connectivity index is 2.05. The second-order valence-electron chi connectivity index (χ2n) is 4.28. The lowest BCUT2D eigenvalue weighted by atomic mass is 10.1. The summed E-state index contributed by atoms with van der Waals surface area (Å²) in [5, 5.41) is 12.9. The highest BCUT2D eigenvalue weighted by Crippen LogP contribution is 2.25. The van der Waals surface area contributed by atoms with Crippen LogP contribution >= 0.6 is 0 Å². The van der Waals surface area contributed by atoms with Crippen molar-refractivity contribution in [2.24, 2.45) is 0 Å². The van der Waals surface area contributed by atoms with Gasteiger partial charge in [0.05, 0.1) is 11.1 Å². The van der Waals surface area contributed by atoms with Crippen molar-refractivity contribution in [2.45, 2.75) is 0 Å². The Kier molecular flexibility index (Phi) is 3.19. The van der Waals surface area contributed by atoms with Gasteiger partial charge in [0, 0.05) is 5.56 Å².